The number of nitrogens with one attached hydrogen (secondary N) is 1. The number of ether oxygens (including phenoxy) is 1. The Morgan fingerprint density at radius 3 is 2.00 bits per heavy atom. The molecule has 126 valence electrons. The maximum atomic E-state index is 12.5. The zero-order valence-corrected chi connectivity index (χ0v) is 14.5. The monoisotopic (exact) mass is 327 g/mol. The Balaban J connectivity index is 2.37. The minimum atomic E-state index is -1.01. The first-order valence-corrected chi connectivity index (χ1v) is 7.55. The van der Waals surface area contributed by atoms with Crippen molar-refractivity contribution in [2.75, 3.05) is 12.4 Å². The van der Waals surface area contributed by atoms with Crippen molar-refractivity contribution in [1.82, 2.24) is 0 Å². The molecule has 5 nitrogen and oxygen atoms in total. The average Bonchev–Trinajstić information content (AvgIpc) is 2.49. The van der Waals surface area contributed by atoms with Gasteiger partial charge in [0.05, 0.1) is 12.7 Å². The van der Waals surface area contributed by atoms with E-state index < -0.39 is 5.97 Å². The summed E-state index contributed by atoms with van der Waals surface area (Å²) in [6.45, 7) is 7.32. The molecule has 0 aliphatic carbocycles. The molecule has 2 N–H and O–H groups in total. The van der Waals surface area contributed by atoms with Crippen LogP contribution in [-0.2, 0) is 0 Å². The SMILES string of the molecule is COc1c(C)cc(C(=O)Nc2cc(C(=O)O)c(C)cc2C)cc1C. The molecule has 0 unspecified atom stereocenters. The van der Waals surface area contributed by atoms with Crippen LogP contribution in [0.2, 0.25) is 0 Å². The van der Waals surface area contributed by atoms with Crippen LogP contribution in [0.25, 0.3) is 0 Å². The number of carboxylic acid groups (broad SMARTS) is 1. The van der Waals surface area contributed by atoms with E-state index in [-0.39, 0.29) is 11.5 Å². The second-order valence-electron chi connectivity index (χ2n) is 5.88. The van der Waals surface area contributed by atoms with Gasteiger partial charge in [0.15, 0.2) is 0 Å². The molecular formula is C19H21NO4. The highest BCUT2D eigenvalue weighted by molar-refractivity contribution is 6.05. The van der Waals surface area contributed by atoms with Crippen LogP contribution in [0.3, 0.4) is 0 Å². The lowest BCUT2D eigenvalue weighted by molar-refractivity contribution is 0.0695. The molecule has 0 saturated heterocycles. The summed E-state index contributed by atoms with van der Waals surface area (Å²) in [6, 6.07) is 6.75. The molecule has 0 aliphatic heterocycles. The second kappa shape index (κ2) is 6.74. The van der Waals surface area contributed by atoms with Crippen molar-refractivity contribution < 1.29 is 19.4 Å². The molecule has 5 heteroatoms. The number of hydrogen-bond acceptors (Lipinski definition) is 3. The number of carbonyl (C=O) groups excluding carboxylic acids is 1. The Morgan fingerprint density at radius 1 is 0.917 bits per heavy atom. The van der Waals surface area contributed by atoms with Crippen LogP contribution in [0.15, 0.2) is 24.3 Å². The maximum absolute atomic E-state index is 12.5. The number of carbonyl (C=O) groups is 2. The van der Waals surface area contributed by atoms with E-state index >= 15 is 0 Å². The average molecular weight is 327 g/mol. The standard InChI is InChI=1S/C19H21NO4/c1-10-6-11(2)16(9-15(10)19(22)23)20-18(21)14-7-12(3)17(24-5)13(4)8-14/h6-9H,1-5H3,(H,20,21)(H,22,23). The first-order valence-electron chi connectivity index (χ1n) is 7.55. The number of rotatable bonds is 4. The Labute approximate surface area is 141 Å². The normalized spacial score (nSPS) is 10.4. The third kappa shape index (κ3) is 3.40. The first-order chi connectivity index (χ1) is 11.2. The van der Waals surface area contributed by atoms with E-state index in [1.165, 1.54) is 6.07 Å². The van der Waals surface area contributed by atoms with Crippen molar-refractivity contribution in [3.05, 3.63) is 57.6 Å². The van der Waals surface area contributed by atoms with Gasteiger partial charge >= 0.3 is 5.97 Å². The van der Waals surface area contributed by atoms with Crippen LogP contribution >= 0.6 is 0 Å². The number of carboxylic acids is 1. The van der Waals surface area contributed by atoms with Gasteiger partial charge in [-0.1, -0.05) is 6.07 Å². The molecule has 0 aliphatic rings. The second-order valence-corrected chi connectivity index (χ2v) is 5.88. The lowest BCUT2D eigenvalue weighted by atomic mass is 10.0. The van der Waals surface area contributed by atoms with Gasteiger partial charge in [0, 0.05) is 11.3 Å². The highest BCUT2D eigenvalue weighted by atomic mass is 16.5. The molecule has 1 amide bonds. The van der Waals surface area contributed by atoms with Gasteiger partial charge in [-0.3, -0.25) is 4.79 Å². The van der Waals surface area contributed by atoms with Crippen LogP contribution in [0, 0.1) is 27.7 Å². The van der Waals surface area contributed by atoms with Crippen molar-refractivity contribution in [3.8, 4) is 5.75 Å². The van der Waals surface area contributed by atoms with Gasteiger partial charge in [0.2, 0.25) is 0 Å². The summed E-state index contributed by atoms with van der Waals surface area (Å²) in [4.78, 5) is 23.8. The highest BCUT2D eigenvalue weighted by Crippen LogP contribution is 2.26. The van der Waals surface area contributed by atoms with E-state index in [2.05, 4.69) is 5.32 Å². The van der Waals surface area contributed by atoms with Crippen LogP contribution in [0.5, 0.6) is 5.75 Å². The molecule has 0 radical (unpaired) electrons. The minimum absolute atomic E-state index is 0.179. The largest absolute Gasteiger partial charge is 0.496 e. The van der Waals surface area contributed by atoms with Crippen LogP contribution < -0.4 is 10.1 Å². The summed E-state index contributed by atoms with van der Waals surface area (Å²) >= 11 is 0. The van der Waals surface area contributed by atoms with E-state index in [1.54, 1.807) is 32.2 Å². The topological polar surface area (TPSA) is 75.6 Å². The molecule has 24 heavy (non-hydrogen) atoms. The Kier molecular flexibility index (Phi) is 4.93. The van der Waals surface area contributed by atoms with Crippen LogP contribution in [-0.4, -0.2) is 24.1 Å². The van der Waals surface area contributed by atoms with E-state index in [4.69, 9.17) is 4.74 Å². The van der Waals surface area contributed by atoms with Gasteiger partial charge in [-0.2, -0.15) is 0 Å². The molecular weight excluding hydrogens is 306 g/mol. The Morgan fingerprint density at radius 2 is 1.50 bits per heavy atom. The molecule has 0 spiro atoms. The fourth-order valence-electron chi connectivity index (χ4n) is 2.82. The molecule has 2 rings (SSSR count). The number of aromatic carboxylic acids is 1. The van der Waals surface area contributed by atoms with Crippen molar-refractivity contribution in [2.24, 2.45) is 0 Å². The number of aryl methyl sites for hydroxylation is 4. The van der Waals surface area contributed by atoms with Gasteiger partial charge in [-0.05, 0) is 68.1 Å². The molecule has 0 heterocycles. The molecule has 0 atom stereocenters. The van der Waals surface area contributed by atoms with Gasteiger partial charge in [-0.25, -0.2) is 4.79 Å². The molecule has 0 bridgehead atoms. The summed E-state index contributed by atoms with van der Waals surface area (Å²) in [6.07, 6.45) is 0. The molecule has 0 fully saturated rings. The number of hydrogen-bond donors (Lipinski definition) is 2. The number of benzene rings is 2. The smallest absolute Gasteiger partial charge is 0.336 e. The number of anilines is 1. The minimum Gasteiger partial charge on any atom is -0.496 e. The van der Waals surface area contributed by atoms with Gasteiger partial charge in [0.25, 0.3) is 5.91 Å². The summed E-state index contributed by atoms with van der Waals surface area (Å²) in [5, 5.41) is 12.0. The zero-order chi connectivity index (χ0) is 18.0. The van der Waals surface area contributed by atoms with Crippen molar-refractivity contribution >= 4 is 17.6 Å². The van der Waals surface area contributed by atoms with Crippen LogP contribution in [0.4, 0.5) is 5.69 Å². The van der Waals surface area contributed by atoms with Gasteiger partial charge < -0.3 is 15.2 Å². The predicted molar refractivity (Wildman–Crippen MR) is 93.3 cm³/mol. The first kappa shape index (κ1) is 17.5. The van der Waals surface area contributed by atoms with Crippen molar-refractivity contribution in [3.63, 3.8) is 0 Å². The summed E-state index contributed by atoms with van der Waals surface area (Å²) in [7, 11) is 1.60. The van der Waals surface area contributed by atoms with E-state index in [0.29, 0.717) is 16.8 Å². The molecule has 2 aromatic rings. The van der Waals surface area contributed by atoms with Crippen LogP contribution in [0.1, 0.15) is 43.0 Å². The van der Waals surface area contributed by atoms with Gasteiger partial charge in [0.1, 0.15) is 5.75 Å². The van der Waals surface area contributed by atoms with E-state index in [9.17, 15) is 14.7 Å². The predicted octanol–water partition coefficient (Wildman–Crippen LogP) is 3.88. The van der Waals surface area contributed by atoms with Crippen molar-refractivity contribution in [1.29, 1.82) is 0 Å². The fraction of sp³-hybridized carbons (Fsp3) is 0.263. The third-order valence-corrected chi connectivity index (χ3v) is 3.98. The molecule has 0 aromatic heterocycles. The zero-order valence-electron chi connectivity index (χ0n) is 14.5. The number of amides is 1. The van der Waals surface area contributed by atoms with E-state index in [0.717, 1.165) is 22.4 Å². The lowest BCUT2D eigenvalue weighted by Crippen LogP contribution is -2.14. The number of methoxy groups -OCH3 is 1. The summed E-state index contributed by atoms with van der Waals surface area (Å²) in [5.74, 6) is -0.544. The van der Waals surface area contributed by atoms with Gasteiger partial charge in [-0.15, -0.1) is 0 Å². The highest BCUT2D eigenvalue weighted by Gasteiger charge is 2.15. The summed E-state index contributed by atoms with van der Waals surface area (Å²) in [5.41, 5.74) is 4.39. The fourth-order valence-corrected chi connectivity index (χ4v) is 2.82. The lowest BCUT2D eigenvalue weighted by Gasteiger charge is -2.14. The molecule has 0 saturated carbocycles. The quantitative estimate of drug-likeness (QED) is 0.893. The Bertz CT molecular complexity index is 801. The Hall–Kier alpha value is -2.82. The summed E-state index contributed by atoms with van der Waals surface area (Å²) < 4.78 is 5.31. The van der Waals surface area contributed by atoms with E-state index in [1.807, 2.05) is 20.8 Å². The maximum Gasteiger partial charge on any atom is 0.336 e. The third-order valence-electron chi connectivity index (χ3n) is 3.98. The molecule has 2 aromatic carbocycles. The van der Waals surface area contributed by atoms with Crippen molar-refractivity contribution in [2.45, 2.75) is 27.7 Å².